The summed E-state index contributed by atoms with van der Waals surface area (Å²) in [6.07, 6.45) is 1.38. The minimum absolute atomic E-state index is 0.0713. The van der Waals surface area contributed by atoms with Crippen molar-refractivity contribution in [3.63, 3.8) is 0 Å². The second kappa shape index (κ2) is 9.72. The third-order valence-electron chi connectivity index (χ3n) is 2.71. The summed E-state index contributed by atoms with van der Waals surface area (Å²) in [6, 6.07) is 5.01. The van der Waals surface area contributed by atoms with Crippen molar-refractivity contribution in [3.8, 4) is 17.6 Å². The number of halogens is 1. The van der Waals surface area contributed by atoms with Crippen molar-refractivity contribution in [3.05, 3.63) is 28.3 Å². The fraction of sp³-hybridized carbons (Fsp3) is 0.375. The number of hydrogen-bond donors (Lipinski definition) is 0. The van der Waals surface area contributed by atoms with Crippen molar-refractivity contribution in [2.24, 2.45) is 0 Å². The first-order valence-electron chi connectivity index (χ1n) is 6.85. The lowest BCUT2D eigenvalue weighted by Crippen LogP contribution is -2.11. The predicted octanol–water partition coefficient (Wildman–Crippen LogP) is 2.84. The molecule has 1 aromatic carbocycles. The molecular weight excluding hydrogens is 322 g/mol. The van der Waals surface area contributed by atoms with Crippen LogP contribution >= 0.6 is 11.6 Å². The number of rotatable bonds is 8. The van der Waals surface area contributed by atoms with Gasteiger partial charge in [-0.25, -0.2) is 4.79 Å². The van der Waals surface area contributed by atoms with E-state index in [1.165, 1.54) is 20.3 Å². The van der Waals surface area contributed by atoms with Crippen molar-refractivity contribution in [2.45, 2.75) is 6.92 Å². The van der Waals surface area contributed by atoms with Crippen molar-refractivity contribution in [2.75, 3.05) is 34.0 Å². The minimum atomic E-state index is -0.727. The van der Waals surface area contributed by atoms with Gasteiger partial charge in [-0.1, -0.05) is 11.6 Å². The largest absolute Gasteiger partial charge is 0.491 e. The summed E-state index contributed by atoms with van der Waals surface area (Å²) < 4.78 is 20.3. The fourth-order valence-electron chi connectivity index (χ4n) is 1.73. The molecular formula is C16H18ClNO5. The van der Waals surface area contributed by atoms with Gasteiger partial charge in [-0.15, -0.1) is 0 Å². The number of nitriles is 1. The maximum absolute atomic E-state index is 11.8. The van der Waals surface area contributed by atoms with E-state index in [1.807, 2.05) is 13.0 Å². The predicted molar refractivity (Wildman–Crippen MR) is 85.6 cm³/mol. The van der Waals surface area contributed by atoms with Gasteiger partial charge in [0, 0.05) is 7.11 Å². The molecule has 6 nitrogen and oxygen atoms in total. The van der Waals surface area contributed by atoms with E-state index in [9.17, 15) is 4.79 Å². The van der Waals surface area contributed by atoms with Gasteiger partial charge in [-0.3, -0.25) is 0 Å². The Morgan fingerprint density at radius 1 is 1.35 bits per heavy atom. The van der Waals surface area contributed by atoms with Crippen LogP contribution in [0.15, 0.2) is 17.7 Å². The molecule has 0 atom stereocenters. The zero-order chi connectivity index (χ0) is 17.2. The van der Waals surface area contributed by atoms with E-state index >= 15 is 0 Å². The molecule has 0 unspecified atom stereocenters. The number of nitrogens with zero attached hydrogens (tertiary/aromatic N) is 1. The van der Waals surface area contributed by atoms with E-state index in [1.54, 1.807) is 12.1 Å². The van der Waals surface area contributed by atoms with Crippen LogP contribution in [0.2, 0.25) is 5.02 Å². The van der Waals surface area contributed by atoms with Gasteiger partial charge in [-0.2, -0.15) is 5.26 Å². The maximum atomic E-state index is 11.8. The Morgan fingerprint density at radius 3 is 2.65 bits per heavy atom. The lowest BCUT2D eigenvalue weighted by atomic mass is 10.1. The van der Waals surface area contributed by atoms with Crippen LogP contribution in [-0.2, 0) is 14.3 Å². The van der Waals surface area contributed by atoms with Crippen LogP contribution in [0, 0.1) is 11.3 Å². The lowest BCUT2D eigenvalue weighted by Gasteiger charge is -2.12. The zero-order valence-corrected chi connectivity index (χ0v) is 14.0. The first-order chi connectivity index (χ1) is 11.1. The molecule has 7 heteroatoms. The van der Waals surface area contributed by atoms with Gasteiger partial charge >= 0.3 is 5.97 Å². The summed E-state index contributed by atoms with van der Waals surface area (Å²) in [6.45, 7) is 2.57. The maximum Gasteiger partial charge on any atom is 0.348 e. The number of carbonyl (C=O) groups excluding carboxylic acids is 1. The van der Waals surface area contributed by atoms with Crippen molar-refractivity contribution in [1.29, 1.82) is 5.26 Å². The third-order valence-corrected chi connectivity index (χ3v) is 2.99. The Hall–Kier alpha value is -2.23. The molecule has 0 saturated heterocycles. The number of esters is 1. The molecule has 0 saturated carbocycles. The smallest absolute Gasteiger partial charge is 0.348 e. The van der Waals surface area contributed by atoms with E-state index < -0.39 is 5.97 Å². The zero-order valence-electron chi connectivity index (χ0n) is 13.2. The first kappa shape index (κ1) is 18.8. The lowest BCUT2D eigenvalue weighted by molar-refractivity contribution is -0.139. The number of hydrogen-bond acceptors (Lipinski definition) is 6. The van der Waals surface area contributed by atoms with Crippen molar-refractivity contribution >= 4 is 23.6 Å². The molecule has 124 valence electrons. The van der Waals surface area contributed by atoms with Gasteiger partial charge in [-0.05, 0) is 30.7 Å². The number of carbonyl (C=O) groups is 1. The molecule has 0 amide bonds. The highest BCUT2D eigenvalue weighted by atomic mass is 35.5. The van der Waals surface area contributed by atoms with Crippen LogP contribution in [0.25, 0.3) is 6.08 Å². The molecule has 0 aromatic heterocycles. The molecule has 1 rings (SSSR count). The van der Waals surface area contributed by atoms with Gasteiger partial charge in [0.2, 0.25) is 0 Å². The summed E-state index contributed by atoms with van der Waals surface area (Å²) in [5.41, 5.74) is 0.379. The Morgan fingerprint density at radius 2 is 2.09 bits per heavy atom. The van der Waals surface area contributed by atoms with E-state index in [2.05, 4.69) is 0 Å². The molecule has 0 fully saturated rings. The highest BCUT2D eigenvalue weighted by Gasteiger charge is 2.14. The highest BCUT2D eigenvalue weighted by Crippen LogP contribution is 2.36. The van der Waals surface area contributed by atoms with Crippen LogP contribution in [0.1, 0.15) is 12.5 Å². The number of ether oxygens (including phenoxy) is 4. The highest BCUT2D eigenvalue weighted by molar-refractivity contribution is 6.32. The van der Waals surface area contributed by atoms with E-state index in [0.29, 0.717) is 28.7 Å². The van der Waals surface area contributed by atoms with Crippen molar-refractivity contribution < 1.29 is 23.7 Å². The van der Waals surface area contributed by atoms with E-state index in [0.717, 1.165) is 0 Å². The number of benzene rings is 1. The quantitative estimate of drug-likeness (QED) is 0.314. The molecule has 1 aromatic rings. The minimum Gasteiger partial charge on any atom is -0.491 e. The van der Waals surface area contributed by atoms with Crippen molar-refractivity contribution in [1.82, 2.24) is 0 Å². The second-order valence-corrected chi connectivity index (χ2v) is 4.67. The van der Waals surface area contributed by atoms with Gasteiger partial charge in [0.05, 0.1) is 25.3 Å². The Labute approximate surface area is 140 Å². The number of methoxy groups -OCH3 is 2. The molecule has 0 spiro atoms. The summed E-state index contributed by atoms with van der Waals surface area (Å²) >= 11 is 6.13. The van der Waals surface area contributed by atoms with Crippen LogP contribution in [0.3, 0.4) is 0 Å². The summed E-state index contributed by atoms with van der Waals surface area (Å²) in [5.74, 6) is 0.0973. The van der Waals surface area contributed by atoms with E-state index in [4.69, 9.17) is 35.8 Å². The molecule has 0 aliphatic rings. The summed E-state index contributed by atoms with van der Waals surface area (Å²) in [4.78, 5) is 11.8. The monoisotopic (exact) mass is 339 g/mol. The Balaban J connectivity index is 3.08. The Bertz CT molecular complexity index is 622. The van der Waals surface area contributed by atoms with Gasteiger partial charge in [0.15, 0.2) is 11.5 Å². The van der Waals surface area contributed by atoms with Crippen LogP contribution in [-0.4, -0.2) is 40.0 Å². The summed E-state index contributed by atoms with van der Waals surface area (Å²) in [7, 11) is 2.97. The SMILES string of the molecule is CCOc1cc(/C=C(\C#N)C(=O)OCCOC)cc(Cl)c1OC. The Kier molecular flexibility index (Phi) is 7.95. The molecule has 0 heterocycles. The molecule has 0 N–H and O–H groups in total. The fourth-order valence-corrected chi connectivity index (χ4v) is 2.03. The molecule has 0 aliphatic heterocycles. The second-order valence-electron chi connectivity index (χ2n) is 4.27. The first-order valence-corrected chi connectivity index (χ1v) is 7.23. The topological polar surface area (TPSA) is 77.8 Å². The van der Waals surface area contributed by atoms with Crippen LogP contribution in [0.5, 0.6) is 11.5 Å². The van der Waals surface area contributed by atoms with Gasteiger partial charge in [0.25, 0.3) is 0 Å². The molecule has 0 radical (unpaired) electrons. The summed E-state index contributed by atoms with van der Waals surface area (Å²) in [5, 5.41) is 9.43. The van der Waals surface area contributed by atoms with Gasteiger partial charge in [0.1, 0.15) is 18.2 Å². The van der Waals surface area contributed by atoms with E-state index in [-0.39, 0.29) is 18.8 Å². The van der Waals surface area contributed by atoms with Gasteiger partial charge < -0.3 is 18.9 Å². The van der Waals surface area contributed by atoms with Crippen LogP contribution < -0.4 is 9.47 Å². The molecule has 0 bridgehead atoms. The normalized spacial score (nSPS) is 10.8. The third kappa shape index (κ3) is 5.47. The molecule has 0 aliphatic carbocycles. The average Bonchev–Trinajstić information content (AvgIpc) is 2.53. The average molecular weight is 340 g/mol. The standard InChI is InChI=1S/C16H18ClNO5/c1-4-22-14-9-11(8-13(17)15(14)21-3)7-12(10-18)16(19)23-6-5-20-2/h7-9H,4-6H2,1-3H3/b12-7+. The van der Waals surface area contributed by atoms with Crippen LogP contribution in [0.4, 0.5) is 0 Å². The molecule has 23 heavy (non-hydrogen) atoms.